The van der Waals surface area contributed by atoms with Crippen molar-refractivity contribution < 1.29 is 4.74 Å². The van der Waals surface area contributed by atoms with Gasteiger partial charge < -0.3 is 10.5 Å². The summed E-state index contributed by atoms with van der Waals surface area (Å²) in [6.07, 6.45) is 0.739. The molecule has 16 heavy (non-hydrogen) atoms. The first kappa shape index (κ1) is 10.9. The highest BCUT2D eigenvalue weighted by Gasteiger charge is 2.01. The summed E-state index contributed by atoms with van der Waals surface area (Å²) >= 11 is 1.32. The highest BCUT2D eigenvalue weighted by atomic mass is 32.1. The molecule has 2 N–H and O–H groups in total. The lowest BCUT2D eigenvalue weighted by atomic mass is 10.2. The minimum Gasteiger partial charge on any atom is -0.493 e. The molecule has 0 aliphatic carbocycles. The van der Waals surface area contributed by atoms with E-state index in [2.05, 4.69) is 9.36 Å². The van der Waals surface area contributed by atoms with E-state index in [-0.39, 0.29) is 0 Å². The van der Waals surface area contributed by atoms with Crippen LogP contribution in [0.2, 0.25) is 0 Å². The minimum absolute atomic E-state index is 0.343. The van der Waals surface area contributed by atoms with Crippen LogP contribution in [-0.2, 0) is 6.42 Å². The third kappa shape index (κ3) is 2.93. The Morgan fingerprint density at radius 3 is 3.00 bits per heavy atom. The van der Waals surface area contributed by atoms with Crippen molar-refractivity contribution >= 4 is 17.5 Å². The zero-order chi connectivity index (χ0) is 11.4. The van der Waals surface area contributed by atoms with Crippen LogP contribution in [-0.4, -0.2) is 16.0 Å². The molecule has 0 fully saturated rings. The van der Waals surface area contributed by atoms with Gasteiger partial charge in [-0.2, -0.15) is 4.37 Å². The molecule has 0 radical (unpaired) electrons. The van der Waals surface area contributed by atoms with E-state index < -0.39 is 0 Å². The first-order chi connectivity index (χ1) is 7.74. The Balaban J connectivity index is 1.84. The van der Waals surface area contributed by atoms with Crippen molar-refractivity contribution in [3.05, 3.63) is 34.8 Å². The van der Waals surface area contributed by atoms with Gasteiger partial charge in [0.2, 0.25) is 5.95 Å². The van der Waals surface area contributed by atoms with Crippen molar-refractivity contribution in [2.75, 3.05) is 12.3 Å². The molecule has 1 aromatic heterocycles. The van der Waals surface area contributed by atoms with Gasteiger partial charge in [-0.15, -0.1) is 0 Å². The average Bonchev–Trinajstić information content (AvgIpc) is 2.64. The highest BCUT2D eigenvalue weighted by molar-refractivity contribution is 7.05. The summed E-state index contributed by atoms with van der Waals surface area (Å²) in [7, 11) is 0. The van der Waals surface area contributed by atoms with E-state index in [1.54, 1.807) is 0 Å². The second-order valence-electron chi connectivity index (χ2n) is 3.46. The minimum atomic E-state index is 0.343. The number of nitrogen functional groups attached to an aromatic ring is 1. The molecule has 0 aliphatic rings. The van der Waals surface area contributed by atoms with E-state index in [9.17, 15) is 0 Å². The summed E-state index contributed by atoms with van der Waals surface area (Å²) in [5, 5.41) is 0.908. The van der Waals surface area contributed by atoms with Crippen molar-refractivity contribution in [2.45, 2.75) is 13.3 Å². The van der Waals surface area contributed by atoms with Crippen molar-refractivity contribution in [2.24, 2.45) is 0 Å². The molecule has 0 saturated carbocycles. The fourth-order valence-electron chi connectivity index (χ4n) is 1.33. The number of anilines is 1. The molecule has 0 atom stereocenters. The third-order valence-corrected chi connectivity index (χ3v) is 2.84. The maximum absolute atomic E-state index is 5.60. The van der Waals surface area contributed by atoms with Crippen LogP contribution in [0, 0.1) is 6.92 Å². The fourth-order valence-corrected chi connectivity index (χ4v) is 1.88. The van der Waals surface area contributed by atoms with Gasteiger partial charge in [0.05, 0.1) is 6.61 Å². The van der Waals surface area contributed by atoms with E-state index in [4.69, 9.17) is 10.5 Å². The molecule has 0 bridgehead atoms. The van der Waals surface area contributed by atoms with Crippen LogP contribution in [0.3, 0.4) is 0 Å². The van der Waals surface area contributed by atoms with Gasteiger partial charge in [0, 0.05) is 6.42 Å². The summed E-state index contributed by atoms with van der Waals surface area (Å²) in [6.45, 7) is 2.64. The third-order valence-electron chi connectivity index (χ3n) is 2.06. The summed E-state index contributed by atoms with van der Waals surface area (Å²) < 4.78 is 9.51. The lowest BCUT2D eigenvalue weighted by Gasteiger charge is -2.04. The number of nitrogens with two attached hydrogens (primary N) is 1. The number of ether oxygens (including phenoxy) is 1. The first-order valence-electron chi connectivity index (χ1n) is 5.01. The second-order valence-corrected chi connectivity index (χ2v) is 4.30. The van der Waals surface area contributed by atoms with Crippen LogP contribution >= 0.6 is 11.5 Å². The molecule has 1 aromatic carbocycles. The van der Waals surface area contributed by atoms with Gasteiger partial charge in [-0.1, -0.05) is 12.1 Å². The van der Waals surface area contributed by atoms with Crippen LogP contribution in [0.15, 0.2) is 24.3 Å². The van der Waals surface area contributed by atoms with Gasteiger partial charge in [0.1, 0.15) is 10.8 Å². The summed E-state index contributed by atoms with van der Waals surface area (Å²) in [5.41, 5.74) is 6.62. The smallest absolute Gasteiger partial charge is 0.232 e. The predicted octanol–water partition coefficient (Wildman–Crippen LogP) is 2.05. The monoisotopic (exact) mass is 235 g/mol. The predicted molar refractivity (Wildman–Crippen MR) is 64.7 cm³/mol. The molecule has 0 unspecified atom stereocenters. The summed E-state index contributed by atoms with van der Waals surface area (Å²) in [5.74, 6) is 1.23. The van der Waals surface area contributed by atoms with Crippen molar-refractivity contribution in [1.29, 1.82) is 0 Å². The molecule has 4 nitrogen and oxygen atoms in total. The van der Waals surface area contributed by atoms with Crippen molar-refractivity contribution in [1.82, 2.24) is 9.36 Å². The largest absolute Gasteiger partial charge is 0.493 e. The number of hydrogen-bond acceptors (Lipinski definition) is 5. The Bertz CT molecular complexity index is 470. The van der Waals surface area contributed by atoms with Crippen LogP contribution < -0.4 is 10.5 Å². The van der Waals surface area contributed by atoms with E-state index in [0.717, 1.165) is 17.2 Å². The topological polar surface area (TPSA) is 61.0 Å². The fraction of sp³-hybridized carbons (Fsp3) is 0.273. The normalized spacial score (nSPS) is 10.3. The maximum Gasteiger partial charge on any atom is 0.232 e. The number of hydrogen-bond donors (Lipinski definition) is 1. The van der Waals surface area contributed by atoms with Gasteiger partial charge in [-0.3, -0.25) is 0 Å². The molecular formula is C11H13N3OS. The average molecular weight is 235 g/mol. The molecular weight excluding hydrogens is 222 g/mol. The zero-order valence-electron chi connectivity index (χ0n) is 9.01. The van der Waals surface area contributed by atoms with Gasteiger partial charge >= 0.3 is 0 Å². The number of rotatable bonds is 4. The highest BCUT2D eigenvalue weighted by Crippen LogP contribution is 2.13. The van der Waals surface area contributed by atoms with E-state index in [0.29, 0.717) is 12.6 Å². The second kappa shape index (κ2) is 4.94. The van der Waals surface area contributed by atoms with Crippen LogP contribution in [0.4, 0.5) is 5.95 Å². The van der Waals surface area contributed by atoms with E-state index in [1.165, 1.54) is 17.1 Å². The van der Waals surface area contributed by atoms with E-state index in [1.807, 2.05) is 31.2 Å². The van der Waals surface area contributed by atoms with Crippen LogP contribution in [0.25, 0.3) is 0 Å². The summed E-state index contributed by atoms with van der Waals surface area (Å²) in [6, 6.07) is 7.97. The molecule has 2 aromatic rings. The van der Waals surface area contributed by atoms with Crippen molar-refractivity contribution in [3.63, 3.8) is 0 Å². The molecule has 5 heteroatoms. The standard InChI is InChI=1S/C11H13N3OS/c1-8-3-2-4-9(7-8)15-6-5-10-13-11(12)14-16-10/h2-4,7H,5-6H2,1H3,(H2,12,14). The van der Waals surface area contributed by atoms with Crippen molar-refractivity contribution in [3.8, 4) is 5.75 Å². The van der Waals surface area contributed by atoms with Crippen LogP contribution in [0.1, 0.15) is 10.6 Å². The molecule has 2 rings (SSSR count). The van der Waals surface area contributed by atoms with Gasteiger partial charge in [0.15, 0.2) is 0 Å². The Morgan fingerprint density at radius 1 is 1.44 bits per heavy atom. The molecule has 0 saturated heterocycles. The first-order valence-corrected chi connectivity index (χ1v) is 5.79. The van der Waals surface area contributed by atoms with Gasteiger partial charge in [0.25, 0.3) is 0 Å². The molecule has 0 amide bonds. The number of aromatic nitrogens is 2. The summed E-state index contributed by atoms with van der Waals surface area (Å²) in [4.78, 5) is 4.06. The number of nitrogens with zero attached hydrogens (tertiary/aromatic N) is 2. The maximum atomic E-state index is 5.60. The number of benzene rings is 1. The zero-order valence-corrected chi connectivity index (χ0v) is 9.83. The molecule has 0 aliphatic heterocycles. The lowest BCUT2D eigenvalue weighted by Crippen LogP contribution is -2.01. The molecule has 1 heterocycles. The number of aryl methyl sites for hydroxylation is 1. The molecule has 0 spiro atoms. The Morgan fingerprint density at radius 2 is 2.31 bits per heavy atom. The van der Waals surface area contributed by atoms with Gasteiger partial charge in [-0.05, 0) is 36.2 Å². The SMILES string of the molecule is Cc1cccc(OCCc2nc(N)ns2)c1. The Kier molecular flexibility index (Phi) is 3.36. The van der Waals surface area contributed by atoms with Gasteiger partial charge in [-0.25, -0.2) is 4.98 Å². The van der Waals surface area contributed by atoms with Crippen LogP contribution in [0.5, 0.6) is 5.75 Å². The Labute approximate surface area is 98.3 Å². The molecule has 84 valence electrons. The quantitative estimate of drug-likeness (QED) is 0.881. The van der Waals surface area contributed by atoms with E-state index >= 15 is 0 Å². The Hall–Kier alpha value is -1.62. The lowest BCUT2D eigenvalue weighted by molar-refractivity contribution is 0.321.